The van der Waals surface area contributed by atoms with Crippen molar-refractivity contribution in [2.45, 2.75) is 24.3 Å². The number of aromatic nitrogens is 2. The van der Waals surface area contributed by atoms with Crippen molar-refractivity contribution < 1.29 is 4.79 Å². The fourth-order valence-electron chi connectivity index (χ4n) is 3.14. The molecule has 1 heterocycles. The lowest BCUT2D eigenvalue weighted by atomic mass is 10.0. The molecule has 0 saturated carbocycles. The van der Waals surface area contributed by atoms with Crippen LogP contribution in [0.2, 0.25) is 5.02 Å². The maximum Gasteiger partial charge on any atom is 0.237 e. The SMILES string of the molecule is Cc1ccc(NC(=O)C(C)Sc2nc3c(-c4ccc(N)cc4)cccc3[nH]2)c(Cl)c1. The number of rotatable bonds is 5. The number of aromatic amines is 1. The Kier molecular flexibility index (Phi) is 5.70. The zero-order chi connectivity index (χ0) is 21.3. The molecule has 1 aromatic heterocycles. The molecule has 0 saturated heterocycles. The van der Waals surface area contributed by atoms with Gasteiger partial charge in [-0.1, -0.05) is 53.7 Å². The van der Waals surface area contributed by atoms with Crippen molar-refractivity contribution in [3.63, 3.8) is 0 Å². The van der Waals surface area contributed by atoms with E-state index in [1.807, 2.05) is 74.5 Å². The van der Waals surface area contributed by atoms with Gasteiger partial charge in [-0.25, -0.2) is 4.98 Å². The lowest BCUT2D eigenvalue weighted by molar-refractivity contribution is -0.115. The summed E-state index contributed by atoms with van der Waals surface area (Å²) >= 11 is 7.60. The highest BCUT2D eigenvalue weighted by molar-refractivity contribution is 8.00. The largest absolute Gasteiger partial charge is 0.399 e. The van der Waals surface area contributed by atoms with Crippen molar-refractivity contribution >= 4 is 51.7 Å². The molecule has 7 heteroatoms. The van der Waals surface area contributed by atoms with E-state index < -0.39 is 0 Å². The molecule has 5 nitrogen and oxygen atoms in total. The molecule has 0 aliphatic rings. The second-order valence-electron chi connectivity index (χ2n) is 7.10. The number of halogens is 1. The lowest BCUT2D eigenvalue weighted by Crippen LogP contribution is -2.22. The van der Waals surface area contributed by atoms with Crippen LogP contribution in [0.15, 0.2) is 65.8 Å². The van der Waals surface area contributed by atoms with E-state index in [0.717, 1.165) is 33.4 Å². The summed E-state index contributed by atoms with van der Waals surface area (Å²) in [4.78, 5) is 20.7. The number of thioether (sulfide) groups is 1. The van der Waals surface area contributed by atoms with E-state index >= 15 is 0 Å². The van der Waals surface area contributed by atoms with Crippen LogP contribution < -0.4 is 11.1 Å². The van der Waals surface area contributed by atoms with Crippen LogP contribution in [0.4, 0.5) is 11.4 Å². The fourth-order valence-corrected chi connectivity index (χ4v) is 4.23. The van der Waals surface area contributed by atoms with Crippen LogP contribution in [-0.4, -0.2) is 21.1 Å². The van der Waals surface area contributed by atoms with E-state index in [1.54, 1.807) is 0 Å². The molecule has 0 bridgehead atoms. The molecular weight excluding hydrogens is 416 g/mol. The first kappa shape index (κ1) is 20.3. The third-order valence-electron chi connectivity index (χ3n) is 4.75. The van der Waals surface area contributed by atoms with Crippen molar-refractivity contribution in [2.75, 3.05) is 11.1 Å². The summed E-state index contributed by atoms with van der Waals surface area (Å²) in [5.41, 5.74) is 12.0. The number of hydrogen-bond donors (Lipinski definition) is 3. The maximum absolute atomic E-state index is 12.6. The Balaban J connectivity index is 1.54. The molecule has 4 rings (SSSR count). The summed E-state index contributed by atoms with van der Waals surface area (Å²) in [5, 5.41) is 3.74. The summed E-state index contributed by atoms with van der Waals surface area (Å²) in [7, 11) is 0. The van der Waals surface area contributed by atoms with Gasteiger partial charge in [0.25, 0.3) is 0 Å². The number of nitrogens with one attached hydrogen (secondary N) is 2. The molecular formula is C23H21ClN4OS. The van der Waals surface area contributed by atoms with Gasteiger partial charge in [0.15, 0.2) is 5.16 Å². The number of amides is 1. The Morgan fingerprint density at radius 3 is 2.67 bits per heavy atom. The minimum Gasteiger partial charge on any atom is -0.399 e. The zero-order valence-electron chi connectivity index (χ0n) is 16.6. The molecule has 0 fully saturated rings. The van der Waals surface area contributed by atoms with Gasteiger partial charge in [-0.2, -0.15) is 0 Å². The molecule has 1 amide bonds. The van der Waals surface area contributed by atoms with Gasteiger partial charge in [0.1, 0.15) is 0 Å². The van der Waals surface area contributed by atoms with Gasteiger partial charge in [0.05, 0.1) is 27.0 Å². The van der Waals surface area contributed by atoms with Gasteiger partial charge in [0.2, 0.25) is 5.91 Å². The standard InChI is InChI=1S/C23H21ClN4OS/c1-13-6-11-19(18(24)12-13)26-22(29)14(2)30-23-27-20-5-3-4-17(21(20)28-23)15-7-9-16(25)10-8-15/h3-12,14H,25H2,1-2H3,(H,26,29)(H,27,28). The number of fused-ring (bicyclic) bond motifs is 1. The topological polar surface area (TPSA) is 83.8 Å². The highest BCUT2D eigenvalue weighted by Crippen LogP contribution is 2.31. The highest BCUT2D eigenvalue weighted by atomic mass is 35.5. The van der Waals surface area contributed by atoms with Gasteiger partial charge >= 0.3 is 0 Å². The lowest BCUT2D eigenvalue weighted by Gasteiger charge is -2.12. The molecule has 0 spiro atoms. The number of nitrogens with zero attached hydrogens (tertiary/aromatic N) is 1. The normalized spacial score (nSPS) is 12.1. The van der Waals surface area contributed by atoms with Crippen LogP contribution in [0.25, 0.3) is 22.2 Å². The summed E-state index contributed by atoms with van der Waals surface area (Å²) in [6, 6.07) is 19.2. The van der Waals surface area contributed by atoms with Crippen molar-refractivity contribution in [2.24, 2.45) is 0 Å². The first-order valence-electron chi connectivity index (χ1n) is 9.49. The molecule has 3 aromatic carbocycles. The molecule has 152 valence electrons. The molecule has 4 aromatic rings. The van der Waals surface area contributed by atoms with Crippen LogP contribution in [0.3, 0.4) is 0 Å². The number of nitrogen functional groups attached to an aromatic ring is 1. The molecule has 4 N–H and O–H groups in total. The van der Waals surface area contributed by atoms with Gasteiger partial charge in [0, 0.05) is 11.3 Å². The van der Waals surface area contributed by atoms with Crippen molar-refractivity contribution in [1.29, 1.82) is 0 Å². The number of carbonyl (C=O) groups excluding carboxylic acids is 1. The number of benzene rings is 3. The number of anilines is 2. The van der Waals surface area contributed by atoms with Crippen LogP contribution in [0, 0.1) is 6.92 Å². The van der Waals surface area contributed by atoms with Crippen LogP contribution >= 0.6 is 23.4 Å². The predicted octanol–water partition coefficient (Wildman–Crippen LogP) is 5.89. The Hall–Kier alpha value is -2.96. The summed E-state index contributed by atoms with van der Waals surface area (Å²) in [5.74, 6) is -0.134. The number of H-pyrrole nitrogens is 1. The monoisotopic (exact) mass is 436 g/mol. The number of imidazole rings is 1. The number of carbonyl (C=O) groups is 1. The van der Waals surface area contributed by atoms with Gasteiger partial charge in [-0.05, 0) is 55.3 Å². The third kappa shape index (κ3) is 4.30. The first-order chi connectivity index (χ1) is 14.4. The smallest absolute Gasteiger partial charge is 0.237 e. The van der Waals surface area contributed by atoms with E-state index in [9.17, 15) is 4.79 Å². The van der Waals surface area contributed by atoms with Gasteiger partial charge < -0.3 is 16.0 Å². The Morgan fingerprint density at radius 2 is 1.93 bits per heavy atom. The second kappa shape index (κ2) is 8.42. The number of nitrogens with two attached hydrogens (primary N) is 1. The average Bonchev–Trinajstić information content (AvgIpc) is 3.13. The Morgan fingerprint density at radius 1 is 1.17 bits per heavy atom. The molecule has 1 unspecified atom stereocenters. The van der Waals surface area contributed by atoms with Crippen molar-refractivity contribution in [3.8, 4) is 11.1 Å². The van der Waals surface area contributed by atoms with E-state index in [0.29, 0.717) is 15.9 Å². The number of para-hydroxylation sites is 1. The van der Waals surface area contributed by atoms with E-state index in [2.05, 4.69) is 10.3 Å². The first-order valence-corrected chi connectivity index (χ1v) is 10.7. The van der Waals surface area contributed by atoms with Crippen LogP contribution in [0.1, 0.15) is 12.5 Å². The van der Waals surface area contributed by atoms with Crippen molar-refractivity contribution in [1.82, 2.24) is 9.97 Å². The average molecular weight is 437 g/mol. The fraction of sp³-hybridized carbons (Fsp3) is 0.130. The van der Waals surface area contributed by atoms with Crippen LogP contribution in [0.5, 0.6) is 0 Å². The van der Waals surface area contributed by atoms with Crippen LogP contribution in [-0.2, 0) is 4.79 Å². The molecule has 0 radical (unpaired) electrons. The quantitative estimate of drug-likeness (QED) is 0.269. The van der Waals surface area contributed by atoms with Crippen molar-refractivity contribution in [3.05, 3.63) is 71.2 Å². The predicted molar refractivity (Wildman–Crippen MR) is 126 cm³/mol. The van der Waals surface area contributed by atoms with E-state index in [-0.39, 0.29) is 11.2 Å². The second-order valence-corrected chi connectivity index (χ2v) is 8.84. The summed E-state index contributed by atoms with van der Waals surface area (Å²) in [6.45, 7) is 3.80. The zero-order valence-corrected chi connectivity index (χ0v) is 18.1. The minimum absolute atomic E-state index is 0.134. The molecule has 30 heavy (non-hydrogen) atoms. The maximum atomic E-state index is 12.6. The number of hydrogen-bond acceptors (Lipinski definition) is 4. The molecule has 0 aliphatic heterocycles. The Labute approximate surface area is 184 Å². The summed E-state index contributed by atoms with van der Waals surface area (Å²) in [6.07, 6.45) is 0. The van der Waals surface area contributed by atoms with Gasteiger partial charge in [-0.15, -0.1) is 0 Å². The number of aryl methyl sites for hydroxylation is 1. The Bertz CT molecular complexity index is 1220. The molecule has 1 atom stereocenters. The van der Waals surface area contributed by atoms with E-state index in [4.69, 9.17) is 22.3 Å². The third-order valence-corrected chi connectivity index (χ3v) is 6.05. The minimum atomic E-state index is -0.358. The van der Waals surface area contributed by atoms with E-state index in [1.165, 1.54) is 11.8 Å². The highest BCUT2D eigenvalue weighted by Gasteiger charge is 2.18. The van der Waals surface area contributed by atoms with Gasteiger partial charge in [-0.3, -0.25) is 4.79 Å². The summed E-state index contributed by atoms with van der Waals surface area (Å²) < 4.78 is 0. The molecule has 0 aliphatic carbocycles.